The molecular weight excluding hydrogens is 384 g/mol. The second kappa shape index (κ2) is 8.36. The molecule has 5 rings (SSSR count). The molecule has 0 aromatic heterocycles. The fraction of sp³-hybridized carbons (Fsp3) is 0.231. The molecule has 0 radical (unpaired) electrons. The Morgan fingerprint density at radius 1 is 0.871 bits per heavy atom. The topological polar surface area (TPSA) is 47.9 Å². The Morgan fingerprint density at radius 2 is 1.55 bits per heavy atom. The van der Waals surface area contributed by atoms with Crippen molar-refractivity contribution in [1.29, 1.82) is 0 Å². The molecule has 0 saturated carbocycles. The number of carbonyl (C=O) groups is 1. The Bertz CT molecular complexity index is 1100. The molecule has 2 aliphatic heterocycles. The van der Waals surface area contributed by atoms with Crippen LogP contribution in [0.1, 0.15) is 38.8 Å². The number of hydrogen-bond acceptors (Lipinski definition) is 4. The molecule has 2 heterocycles. The largest absolute Gasteiger partial charge is 0.336 e. The summed E-state index contributed by atoms with van der Waals surface area (Å²) in [6.45, 7) is 5.07. The molecule has 5 nitrogen and oxygen atoms in total. The lowest BCUT2D eigenvalue weighted by Gasteiger charge is -2.41. The van der Waals surface area contributed by atoms with Gasteiger partial charge in [-0.05, 0) is 24.6 Å². The van der Waals surface area contributed by atoms with Crippen LogP contribution in [0.2, 0.25) is 0 Å². The molecule has 31 heavy (non-hydrogen) atoms. The van der Waals surface area contributed by atoms with E-state index in [1.807, 2.05) is 54.3 Å². The first-order valence-electron chi connectivity index (χ1n) is 10.8. The van der Waals surface area contributed by atoms with Crippen LogP contribution in [0.25, 0.3) is 0 Å². The molecule has 1 N–H and O–H groups in total. The van der Waals surface area contributed by atoms with E-state index in [1.54, 1.807) is 0 Å². The third kappa shape index (κ3) is 3.84. The quantitative estimate of drug-likeness (QED) is 0.714. The number of nitrogens with one attached hydrogen (secondary N) is 1. The number of nitrogens with zero attached hydrogens (tertiary/aromatic N) is 3. The predicted octanol–water partition coefficient (Wildman–Crippen LogP) is 3.81. The monoisotopic (exact) mass is 410 g/mol. The van der Waals surface area contributed by atoms with Crippen molar-refractivity contribution in [2.45, 2.75) is 13.1 Å². The number of amides is 1. The summed E-state index contributed by atoms with van der Waals surface area (Å²) in [7, 11) is 0. The van der Waals surface area contributed by atoms with Gasteiger partial charge in [0.05, 0.1) is 5.71 Å². The average Bonchev–Trinajstić information content (AvgIpc) is 2.84. The average molecular weight is 411 g/mol. The first-order valence-corrected chi connectivity index (χ1v) is 10.8. The predicted molar refractivity (Wildman–Crippen MR) is 123 cm³/mol. The fourth-order valence-electron chi connectivity index (χ4n) is 4.36. The van der Waals surface area contributed by atoms with Gasteiger partial charge in [-0.1, -0.05) is 72.3 Å². The van der Waals surface area contributed by atoms with E-state index in [0.29, 0.717) is 13.1 Å². The summed E-state index contributed by atoms with van der Waals surface area (Å²) in [5.74, 6) is 0.112. The van der Waals surface area contributed by atoms with Crippen LogP contribution < -0.4 is 5.43 Å². The normalized spacial score (nSPS) is 18.7. The van der Waals surface area contributed by atoms with E-state index in [0.717, 1.165) is 35.5 Å². The van der Waals surface area contributed by atoms with Gasteiger partial charge in [-0.3, -0.25) is 15.1 Å². The minimum absolute atomic E-state index is 0.0142. The van der Waals surface area contributed by atoms with Crippen molar-refractivity contribution in [3.63, 3.8) is 0 Å². The highest BCUT2D eigenvalue weighted by atomic mass is 16.2. The van der Waals surface area contributed by atoms with Crippen LogP contribution in [0, 0.1) is 6.92 Å². The number of benzene rings is 3. The van der Waals surface area contributed by atoms with E-state index in [2.05, 4.69) is 46.7 Å². The van der Waals surface area contributed by atoms with Crippen LogP contribution in [0.15, 0.2) is 84.0 Å². The van der Waals surface area contributed by atoms with Gasteiger partial charge in [0.15, 0.2) is 0 Å². The maximum atomic E-state index is 12.9. The van der Waals surface area contributed by atoms with E-state index in [-0.39, 0.29) is 12.1 Å². The molecule has 3 aromatic carbocycles. The number of hydrogen-bond donors (Lipinski definition) is 1. The van der Waals surface area contributed by atoms with Crippen molar-refractivity contribution in [2.75, 3.05) is 26.2 Å². The van der Waals surface area contributed by atoms with Crippen LogP contribution in [0.3, 0.4) is 0 Å². The molecule has 0 aliphatic carbocycles. The summed E-state index contributed by atoms with van der Waals surface area (Å²) in [5.41, 5.74) is 9.79. The molecule has 156 valence electrons. The number of piperazine rings is 1. The Labute approximate surface area is 183 Å². The first-order chi connectivity index (χ1) is 15.2. The van der Waals surface area contributed by atoms with E-state index in [9.17, 15) is 4.79 Å². The summed E-state index contributed by atoms with van der Waals surface area (Å²) in [4.78, 5) is 17.2. The lowest BCUT2D eigenvalue weighted by Crippen LogP contribution is -2.52. The third-order valence-corrected chi connectivity index (χ3v) is 6.12. The number of rotatable bonds is 3. The Balaban J connectivity index is 1.32. The lowest BCUT2D eigenvalue weighted by molar-refractivity contribution is 0.0525. The Kier molecular flexibility index (Phi) is 5.26. The summed E-state index contributed by atoms with van der Waals surface area (Å²) in [6, 6.07) is 26.6. The Morgan fingerprint density at radius 3 is 2.29 bits per heavy atom. The minimum atomic E-state index is 0.0142. The molecule has 5 heteroatoms. The van der Waals surface area contributed by atoms with Gasteiger partial charge in [0.1, 0.15) is 6.17 Å². The SMILES string of the molecule is Cc1ccc(C(=O)N2CCN(C3NN=C(c4ccccc4)c4ccccc43)CC2)cc1. The molecule has 1 amide bonds. The fourth-order valence-corrected chi connectivity index (χ4v) is 4.36. The molecule has 1 fully saturated rings. The zero-order valence-electron chi connectivity index (χ0n) is 17.7. The molecule has 3 aromatic rings. The van der Waals surface area contributed by atoms with Crippen molar-refractivity contribution in [3.05, 3.63) is 107 Å². The van der Waals surface area contributed by atoms with Gasteiger partial charge in [-0.2, -0.15) is 5.10 Å². The van der Waals surface area contributed by atoms with Crippen molar-refractivity contribution in [2.24, 2.45) is 5.10 Å². The maximum Gasteiger partial charge on any atom is 0.253 e. The van der Waals surface area contributed by atoms with Crippen LogP contribution >= 0.6 is 0 Å². The van der Waals surface area contributed by atoms with Gasteiger partial charge in [-0.25, -0.2) is 0 Å². The van der Waals surface area contributed by atoms with Crippen LogP contribution in [-0.2, 0) is 0 Å². The molecule has 0 spiro atoms. The second-order valence-corrected chi connectivity index (χ2v) is 8.14. The van der Waals surface area contributed by atoms with E-state index < -0.39 is 0 Å². The van der Waals surface area contributed by atoms with E-state index in [1.165, 1.54) is 11.1 Å². The standard InChI is InChI=1S/C26H26N4O/c1-19-11-13-21(14-12-19)26(31)30-17-15-29(16-18-30)25-23-10-6-5-9-22(23)24(27-28-25)20-7-3-2-4-8-20/h2-14,25,28H,15-18H2,1H3. The molecular formula is C26H26N4O. The minimum Gasteiger partial charge on any atom is -0.336 e. The van der Waals surface area contributed by atoms with Crippen molar-refractivity contribution in [1.82, 2.24) is 15.2 Å². The number of fused-ring (bicyclic) bond motifs is 1. The maximum absolute atomic E-state index is 12.9. The van der Waals surface area contributed by atoms with Gasteiger partial charge in [0.2, 0.25) is 0 Å². The number of aryl methyl sites for hydroxylation is 1. The van der Waals surface area contributed by atoms with Crippen molar-refractivity contribution in [3.8, 4) is 0 Å². The summed E-state index contributed by atoms with van der Waals surface area (Å²) in [6.07, 6.45) is 0.0142. The first kappa shape index (κ1) is 19.5. The molecule has 1 unspecified atom stereocenters. The second-order valence-electron chi connectivity index (χ2n) is 8.14. The number of carbonyl (C=O) groups excluding carboxylic acids is 1. The van der Waals surface area contributed by atoms with Gasteiger partial charge in [0.25, 0.3) is 5.91 Å². The highest BCUT2D eigenvalue weighted by molar-refractivity contribution is 6.14. The van der Waals surface area contributed by atoms with Crippen LogP contribution in [-0.4, -0.2) is 47.6 Å². The lowest BCUT2D eigenvalue weighted by atomic mass is 9.94. The molecule has 1 atom stereocenters. The summed E-state index contributed by atoms with van der Waals surface area (Å²) < 4.78 is 0. The smallest absolute Gasteiger partial charge is 0.253 e. The van der Waals surface area contributed by atoms with Gasteiger partial charge in [-0.15, -0.1) is 0 Å². The molecule has 0 bridgehead atoms. The highest BCUT2D eigenvalue weighted by Crippen LogP contribution is 2.29. The zero-order valence-corrected chi connectivity index (χ0v) is 17.7. The van der Waals surface area contributed by atoms with Crippen LogP contribution in [0.4, 0.5) is 0 Å². The molecule has 2 aliphatic rings. The van der Waals surface area contributed by atoms with Gasteiger partial charge < -0.3 is 4.90 Å². The van der Waals surface area contributed by atoms with Gasteiger partial charge in [0, 0.05) is 42.9 Å². The van der Waals surface area contributed by atoms with Crippen LogP contribution in [0.5, 0.6) is 0 Å². The third-order valence-electron chi connectivity index (χ3n) is 6.12. The van der Waals surface area contributed by atoms with E-state index in [4.69, 9.17) is 5.10 Å². The summed E-state index contributed by atoms with van der Waals surface area (Å²) >= 11 is 0. The van der Waals surface area contributed by atoms with Gasteiger partial charge >= 0.3 is 0 Å². The molecule has 1 saturated heterocycles. The van der Waals surface area contributed by atoms with E-state index >= 15 is 0 Å². The zero-order chi connectivity index (χ0) is 21.2. The highest BCUT2D eigenvalue weighted by Gasteiger charge is 2.31. The number of hydrazone groups is 1. The summed E-state index contributed by atoms with van der Waals surface area (Å²) in [5, 5.41) is 4.75. The van der Waals surface area contributed by atoms with Crippen molar-refractivity contribution >= 4 is 11.6 Å². The van der Waals surface area contributed by atoms with Crippen molar-refractivity contribution < 1.29 is 4.79 Å². The Hall–Kier alpha value is -3.44.